The highest BCUT2D eigenvalue weighted by Crippen LogP contribution is 2.23. The number of carbonyl (C=O) groups is 1. The van der Waals surface area contributed by atoms with Crippen molar-refractivity contribution in [1.29, 1.82) is 0 Å². The molecule has 0 aliphatic heterocycles. The van der Waals surface area contributed by atoms with Crippen LogP contribution >= 0.6 is 11.6 Å². The van der Waals surface area contributed by atoms with E-state index in [0.717, 1.165) is 16.5 Å². The summed E-state index contributed by atoms with van der Waals surface area (Å²) < 4.78 is 13.7. The van der Waals surface area contributed by atoms with Gasteiger partial charge in [0.2, 0.25) is 5.91 Å². The largest absolute Gasteiger partial charge is 0.361 e. The van der Waals surface area contributed by atoms with Gasteiger partial charge in [-0.15, -0.1) is 0 Å². The maximum absolute atomic E-state index is 13.7. The molecule has 1 aromatic heterocycles. The van der Waals surface area contributed by atoms with Gasteiger partial charge < -0.3 is 10.3 Å². The Kier molecular flexibility index (Phi) is 3.62. The molecule has 0 bridgehead atoms. The summed E-state index contributed by atoms with van der Waals surface area (Å²) in [6.07, 6.45) is 1.95. The molecule has 2 N–H and O–H groups in total. The quantitative estimate of drug-likeness (QED) is 0.750. The molecular weight excluding hydrogens is 291 g/mol. The van der Waals surface area contributed by atoms with E-state index in [1.807, 2.05) is 24.3 Å². The Morgan fingerprint density at radius 3 is 2.86 bits per heavy atom. The normalized spacial score (nSPS) is 10.8. The zero-order chi connectivity index (χ0) is 14.8. The van der Waals surface area contributed by atoms with Crippen LogP contribution in [0, 0.1) is 5.82 Å². The lowest BCUT2D eigenvalue weighted by Gasteiger charge is -2.06. The molecule has 0 atom stereocenters. The monoisotopic (exact) mass is 302 g/mol. The third kappa shape index (κ3) is 2.76. The van der Waals surface area contributed by atoms with Gasteiger partial charge in [0.15, 0.2) is 5.82 Å². The van der Waals surface area contributed by atoms with Gasteiger partial charge >= 0.3 is 0 Å². The number of hydrogen-bond acceptors (Lipinski definition) is 1. The highest BCUT2D eigenvalue weighted by molar-refractivity contribution is 6.31. The molecule has 2 aromatic carbocycles. The van der Waals surface area contributed by atoms with E-state index in [-0.39, 0.29) is 23.0 Å². The predicted octanol–water partition coefficient (Wildman–Crippen LogP) is 4.14. The van der Waals surface area contributed by atoms with Crippen molar-refractivity contribution in [2.45, 2.75) is 6.42 Å². The topological polar surface area (TPSA) is 44.9 Å². The van der Waals surface area contributed by atoms with Gasteiger partial charge in [0.25, 0.3) is 0 Å². The number of halogens is 2. The minimum atomic E-state index is -0.619. The first-order valence-electron chi connectivity index (χ1n) is 6.44. The zero-order valence-electron chi connectivity index (χ0n) is 11.0. The van der Waals surface area contributed by atoms with E-state index < -0.39 is 5.82 Å². The Hall–Kier alpha value is -2.33. The molecule has 0 aliphatic carbocycles. The molecule has 3 aromatic rings. The minimum absolute atomic E-state index is 0.0140. The van der Waals surface area contributed by atoms with Crippen molar-refractivity contribution in [3.8, 4) is 0 Å². The van der Waals surface area contributed by atoms with Gasteiger partial charge in [-0.05, 0) is 23.8 Å². The molecule has 0 aliphatic rings. The van der Waals surface area contributed by atoms with Crippen LogP contribution < -0.4 is 5.32 Å². The highest BCUT2D eigenvalue weighted by atomic mass is 35.5. The molecule has 106 valence electrons. The molecule has 0 saturated heterocycles. The second-order valence-electron chi connectivity index (χ2n) is 4.69. The van der Waals surface area contributed by atoms with E-state index in [0.29, 0.717) is 0 Å². The molecule has 0 spiro atoms. The lowest BCUT2D eigenvalue weighted by molar-refractivity contribution is -0.115. The van der Waals surface area contributed by atoms with Crippen LogP contribution in [0.2, 0.25) is 5.02 Å². The van der Waals surface area contributed by atoms with Crippen LogP contribution in [0.1, 0.15) is 5.56 Å². The number of rotatable bonds is 3. The predicted molar refractivity (Wildman–Crippen MR) is 82.0 cm³/mol. The Labute approximate surface area is 125 Å². The van der Waals surface area contributed by atoms with Crippen LogP contribution in [0.4, 0.5) is 10.1 Å². The molecule has 0 radical (unpaired) electrons. The third-order valence-electron chi connectivity index (χ3n) is 3.25. The van der Waals surface area contributed by atoms with Crippen molar-refractivity contribution in [1.82, 2.24) is 4.98 Å². The smallest absolute Gasteiger partial charge is 0.228 e. The number of aromatic nitrogens is 1. The van der Waals surface area contributed by atoms with Crippen LogP contribution in [0.5, 0.6) is 0 Å². The number of carbonyl (C=O) groups excluding carboxylic acids is 1. The number of nitrogens with one attached hydrogen (secondary N) is 2. The lowest BCUT2D eigenvalue weighted by atomic mass is 10.1. The van der Waals surface area contributed by atoms with Crippen molar-refractivity contribution < 1.29 is 9.18 Å². The summed E-state index contributed by atoms with van der Waals surface area (Å²) in [7, 11) is 0. The lowest BCUT2D eigenvalue weighted by Crippen LogP contribution is -2.15. The van der Waals surface area contributed by atoms with Crippen molar-refractivity contribution in [3.63, 3.8) is 0 Å². The van der Waals surface area contributed by atoms with Gasteiger partial charge in [-0.25, -0.2) is 4.39 Å². The molecule has 0 saturated carbocycles. The molecule has 1 heterocycles. The Morgan fingerprint density at radius 1 is 1.19 bits per heavy atom. The van der Waals surface area contributed by atoms with E-state index in [2.05, 4.69) is 10.3 Å². The summed E-state index contributed by atoms with van der Waals surface area (Å²) in [6, 6.07) is 12.2. The van der Waals surface area contributed by atoms with Gasteiger partial charge in [0.05, 0.1) is 17.1 Å². The van der Waals surface area contributed by atoms with E-state index in [1.54, 1.807) is 12.3 Å². The highest BCUT2D eigenvalue weighted by Gasteiger charge is 2.12. The first kappa shape index (κ1) is 13.6. The summed E-state index contributed by atoms with van der Waals surface area (Å²) in [4.78, 5) is 15.2. The number of benzene rings is 2. The number of H-pyrrole nitrogens is 1. The van der Waals surface area contributed by atoms with Gasteiger partial charge in [0, 0.05) is 17.1 Å². The molecule has 3 rings (SSSR count). The van der Waals surface area contributed by atoms with Crippen LogP contribution in [-0.2, 0) is 11.2 Å². The average Bonchev–Trinajstić information content (AvgIpc) is 2.87. The second kappa shape index (κ2) is 5.58. The van der Waals surface area contributed by atoms with Crippen LogP contribution in [0.25, 0.3) is 10.9 Å². The van der Waals surface area contributed by atoms with Crippen LogP contribution in [-0.4, -0.2) is 10.9 Å². The fourth-order valence-electron chi connectivity index (χ4n) is 2.25. The van der Waals surface area contributed by atoms with Gasteiger partial charge in [-0.1, -0.05) is 35.9 Å². The molecule has 3 nitrogen and oxygen atoms in total. The standard InChI is InChI=1S/C16H12ClFN2O/c17-12-5-3-7-14(16(12)18)20-15(21)8-10-9-19-13-6-2-1-4-11(10)13/h1-7,9,19H,8H2,(H,20,21). The van der Waals surface area contributed by atoms with Crippen molar-refractivity contribution >= 4 is 34.1 Å². The van der Waals surface area contributed by atoms with Crippen LogP contribution in [0.15, 0.2) is 48.7 Å². The second-order valence-corrected chi connectivity index (χ2v) is 5.09. The number of hydrogen-bond donors (Lipinski definition) is 2. The first-order valence-corrected chi connectivity index (χ1v) is 6.82. The van der Waals surface area contributed by atoms with Gasteiger partial charge in [0.1, 0.15) is 0 Å². The first-order chi connectivity index (χ1) is 10.1. The van der Waals surface area contributed by atoms with Crippen molar-refractivity contribution in [3.05, 3.63) is 65.1 Å². The average molecular weight is 303 g/mol. The van der Waals surface area contributed by atoms with Gasteiger partial charge in [-0.3, -0.25) is 4.79 Å². The van der Waals surface area contributed by atoms with E-state index in [1.165, 1.54) is 12.1 Å². The zero-order valence-corrected chi connectivity index (χ0v) is 11.7. The van der Waals surface area contributed by atoms with E-state index in [4.69, 9.17) is 11.6 Å². The molecule has 5 heteroatoms. The van der Waals surface area contributed by atoms with Gasteiger partial charge in [-0.2, -0.15) is 0 Å². The summed E-state index contributed by atoms with van der Waals surface area (Å²) in [5, 5.41) is 3.51. The summed E-state index contributed by atoms with van der Waals surface area (Å²) in [6.45, 7) is 0. The number of anilines is 1. The fraction of sp³-hybridized carbons (Fsp3) is 0.0625. The number of amides is 1. The fourth-order valence-corrected chi connectivity index (χ4v) is 2.42. The maximum atomic E-state index is 13.7. The van der Waals surface area contributed by atoms with Crippen LogP contribution in [0.3, 0.4) is 0 Å². The molecule has 0 unspecified atom stereocenters. The summed E-state index contributed by atoms with van der Waals surface area (Å²) in [5.41, 5.74) is 1.92. The third-order valence-corrected chi connectivity index (χ3v) is 3.54. The summed E-state index contributed by atoms with van der Waals surface area (Å²) in [5.74, 6) is -0.910. The van der Waals surface area contributed by atoms with Crippen molar-refractivity contribution in [2.24, 2.45) is 0 Å². The molecule has 1 amide bonds. The SMILES string of the molecule is O=C(Cc1c[nH]c2ccccc12)Nc1cccc(Cl)c1F. The Morgan fingerprint density at radius 2 is 2.00 bits per heavy atom. The van der Waals surface area contributed by atoms with E-state index >= 15 is 0 Å². The maximum Gasteiger partial charge on any atom is 0.228 e. The number of fused-ring (bicyclic) bond motifs is 1. The van der Waals surface area contributed by atoms with Crippen molar-refractivity contribution in [2.75, 3.05) is 5.32 Å². The number of aromatic amines is 1. The molecule has 0 fully saturated rings. The molecule has 21 heavy (non-hydrogen) atoms. The summed E-state index contributed by atoms with van der Waals surface area (Å²) >= 11 is 5.69. The number of para-hydroxylation sites is 1. The molecular formula is C16H12ClFN2O. The minimum Gasteiger partial charge on any atom is -0.361 e. The van der Waals surface area contributed by atoms with E-state index in [9.17, 15) is 9.18 Å². The Balaban J connectivity index is 1.79. The Bertz CT molecular complexity index is 813.